The number of carbonyl (C=O) groups is 1. The van der Waals surface area contributed by atoms with Gasteiger partial charge in [0.05, 0.1) is 22.0 Å². The largest absolute Gasteiger partial charge is 0.417 e. The molecule has 0 aliphatic carbocycles. The van der Waals surface area contributed by atoms with Crippen LogP contribution in [-0.2, 0) is 6.18 Å². The second-order valence-electron chi connectivity index (χ2n) is 5.87. The van der Waals surface area contributed by atoms with Crippen molar-refractivity contribution in [3.63, 3.8) is 0 Å². The van der Waals surface area contributed by atoms with E-state index in [0.717, 1.165) is 17.8 Å². The molecule has 138 valence electrons. The summed E-state index contributed by atoms with van der Waals surface area (Å²) in [6, 6.07) is 14.6. The number of alkyl halides is 3. The Kier molecular flexibility index (Phi) is 5.19. The summed E-state index contributed by atoms with van der Waals surface area (Å²) in [5.74, 6) is -0.330. The van der Waals surface area contributed by atoms with E-state index >= 15 is 0 Å². The molecule has 7 heteroatoms. The Morgan fingerprint density at radius 2 is 1.74 bits per heavy atom. The van der Waals surface area contributed by atoms with E-state index < -0.39 is 11.7 Å². The van der Waals surface area contributed by atoms with Crippen LogP contribution in [0.1, 0.15) is 21.5 Å². The van der Waals surface area contributed by atoms with Crippen LogP contribution in [0.3, 0.4) is 0 Å². The third kappa shape index (κ3) is 4.11. The summed E-state index contributed by atoms with van der Waals surface area (Å²) in [7, 11) is 0. The number of amides is 1. The van der Waals surface area contributed by atoms with E-state index in [1.807, 2.05) is 19.1 Å². The van der Waals surface area contributed by atoms with Crippen molar-refractivity contribution in [2.24, 2.45) is 0 Å². The zero-order chi connectivity index (χ0) is 19.6. The zero-order valence-corrected chi connectivity index (χ0v) is 14.9. The summed E-state index contributed by atoms with van der Waals surface area (Å²) in [5, 5.41) is 2.63. The zero-order valence-electron chi connectivity index (χ0n) is 14.1. The fraction of sp³-hybridized carbons (Fsp3) is 0.100. The van der Waals surface area contributed by atoms with Gasteiger partial charge in [-0.15, -0.1) is 0 Å². The van der Waals surface area contributed by atoms with E-state index in [0.29, 0.717) is 16.8 Å². The number of aromatic nitrogens is 1. The van der Waals surface area contributed by atoms with Gasteiger partial charge in [-0.3, -0.25) is 9.78 Å². The molecule has 1 aromatic heterocycles. The molecule has 0 fully saturated rings. The summed E-state index contributed by atoms with van der Waals surface area (Å²) >= 11 is 6.05. The van der Waals surface area contributed by atoms with Crippen LogP contribution in [0.5, 0.6) is 0 Å². The first-order valence-electron chi connectivity index (χ1n) is 7.96. The number of pyridine rings is 1. The lowest BCUT2D eigenvalue weighted by atomic mass is 10.1. The van der Waals surface area contributed by atoms with Gasteiger partial charge in [0, 0.05) is 17.3 Å². The number of nitrogens with zero attached hydrogens (tertiary/aromatic N) is 1. The molecule has 0 aliphatic rings. The number of carbonyl (C=O) groups excluding carboxylic acids is 1. The Labute approximate surface area is 158 Å². The smallest absolute Gasteiger partial charge is 0.321 e. The Hall–Kier alpha value is -2.86. The molecule has 0 saturated carbocycles. The molecule has 27 heavy (non-hydrogen) atoms. The van der Waals surface area contributed by atoms with Crippen molar-refractivity contribution in [1.29, 1.82) is 0 Å². The van der Waals surface area contributed by atoms with Gasteiger partial charge in [-0.05, 0) is 30.7 Å². The van der Waals surface area contributed by atoms with Gasteiger partial charge in [-0.25, -0.2) is 0 Å². The third-order valence-corrected chi connectivity index (χ3v) is 4.28. The number of aryl methyl sites for hydroxylation is 1. The number of halogens is 4. The van der Waals surface area contributed by atoms with Crippen LogP contribution in [0.4, 0.5) is 18.9 Å². The predicted molar refractivity (Wildman–Crippen MR) is 98.8 cm³/mol. The lowest BCUT2D eigenvalue weighted by Gasteiger charge is -2.14. The lowest BCUT2D eigenvalue weighted by molar-refractivity contribution is -0.137. The summed E-state index contributed by atoms with van der Waals surface area (Å²) in [4.78, 5) is 16.4. The number of rotatable bonds is 3. The fourth-order valence-corrected chi connectivity index (χ4v) is 2.88. The van der Waals surface area contributed by atoms with Crippen molar-refractivity contribution < 1.29 is 18.0 Å². The molecular formula is C20H14ClF3N2O. The van der Waals surface area contributed by atoms with Crippen LogP contribution < -0.4 is 5.32 Å². The number of hydrogen-bond donors (Lipinski definition) is 1. The van der Waals surface area contributed by atoms with E-state index in [1.54, 1.807) is 36.4 Å². The highest BCUT2D eigenvalue weighted by atomic mass is 35.5. The van der Waals surface area contributed by atoms with Gasteiger partial charge >= 0.3 is 6.18 Å². The van der Waals surface area contributed by atoms with E-state index in [1.165, 1.54) is 0 Å². The first-order chi connectivity index (χ1) is 12.8. The SMILES string of the molecule is Cc1ccccc1C(=O)Nc1ccccc1-c1ncc(C(F)(F)F)cc1Cl. The molecular weight excluding hydrogens is 377 g/mol. The molecule has 3 aromatic rings. The number of nitrogens with one attached hydrogen (secondary N) is 1. The normalized spacial score (nSPS) is 11.3. The fourth-order valence-electron chi connectivity index (χ4n) is 2.61. The minimum atomic E-state index is -4.53. The van der Waals surface area contributed by atoms with Gasteiger partial charge in [0.2, 0.25) is 0 Å². The number of benzene rings is 2. The Morgan fingerprint density at radius 3 is 2.41 bits per heavy atom. The average molecular weight is 391 g/mol. The molecule has 0 saturated heterocycles. The molecule has 0 radical (unpaired) electrons. The van der Waals surface area contributed by atoms with Crippen molar-refractivity contribution in [1.82, 2.24) is 4.98 Å². The molecule has 1 heterocycles. The average Bonchev–Trinajstić information content (AvgIpc) is 2.62. The molecule has 0 unspecified atom stereocenters. The van der Waals surface area contributed by atoms with Crippen molar-refractivity contribution >= 4 is 23.2 Å². The Morgan fingerprint density at radius 1 is 1.07 bits per heavy atom. The molecule has 3 rings (SSSR count). The van der Waals surface area contributed by atoms with Crippen LogP contribution >= 0.6 is 11.6 Å². The lowest BCUT2D eigenvalue weighted by Crippen LogP contribution is -2.14. The standard InChI is InChI=1S/C20H14ClF3N2O/c1-12-6-2-3-7-14(12)19(27)26-17-9-5-4-8-15(17)18-16(21)10-13(11-25-18)20(22,23)24/h2-11H,1H3,(H,26,27). The minimum Gasteiger partial charge on any atom is -0.321 e. The molecule has 2 aromatic carbocycles. The molecule has 3 nitrogen and oxygen atoms in total. The Bertz CT molecular complexity index is 1000. The second kappa shape index (κ2) is 7.40. The van der Waals surface area contributed by atoms with Crippen molar-refractivity contribution in [2.45, 2.75) is 13.1 Å². The first kappa shape index (κ1) is 18.9. The van der Waals surface area contributed by atoms with Crippen LogP contribution in [-0.4, -0.2) is 10.9 Å². The van der Waals surface area contributed by atoms with Crippen LogP contribution in [0.2, 0.25) is 5.02 Å². The maximum absolute atomic E-state index is 12.8. The summed E-state index contributed by atoms with van der Waals surface area (Å²) < 4.78 is 38.5. The molecule has 1 N–H and O–H groups in total. The number of para-hydroxylation sites is 1. The van der Waals surface area contributed by atoms with Crippen LogP contribution in [0.15, 0.2) is 60.8 Å². The maximum atomic E-state index is 12.8. The first-order valence-corrected chi connectivity index (χ1v) is 8.34. The van der Waals surface area contributed by atoms with Gasteiger partial charge in [0.1, 0.15) is 0 Å². The van der Waals surface area contributed by atoms with Crippen LogP contribution in [0.25, 0.3) is 11.3 Å². The Balaban J connectivity index is 1.98. The topological polar surface area (TPSA) is 42.0 Å². The van der Waals surface area contributed by atoms with E-state index in [-0.39, 0.29) is 16.6 Å². The monoisotopic (exact) mass is 390 g/mol. The van der Waals surface area contributed by atoms with Gasteiger partial charge in [0.25, 0.3) is 5.91 Å². The van der Waals surface area contributed by atoms with Crippen LogP contribution in [0, 0.1) is 6.92 Å². The quantitative estimate of drug-likeness (QED) is 0.597. The van der Waals surface area contributed by atoms with Crippen molar-refractivity contribution in [2.75, 3.05) is 5.32 Å². The van der Waals surface area contributed by atoms with E-state index in [9.17, 15) is 18.0 Å². The third-order valence-electron chi connectivity index (χ3n) is 3.99. The molecule has 0 atom stereocenters. The number of anilines is 1. The van der Waals surface area contributed by atoms with E-state index in [2.05, 4.69) is 10.3 Å². The van der Waals surface area contributed by atoms with Gasteiger partial charge in [-0.1, -0.05) is 48.0 Å². The molecule has 1 amide bonds. The van der Waals surface area contributed by atoms with Gasteiger partial charge < -0.3 is 5.32 Å². The maximum Gasteiger partial charge on any atom is 0.417 e. The van der Waals surface area contributed by atoms with Crippen molar-refractivity contribution in [3.8, 4) is 11.3 Å². The highest BCUT2D eigenvalue weighted by Gasteiger charge is 2.31. The van der Waals surface area contributed by atoms with Gasteiger partial charge in [0.15, 0.2) is 0 Å². The predicted octanol–water partition coefficient (Wildman–Crippen LogP) is 5.98. The van der Waals surface area contributed by atoms with Crippen molar-refractivity contribution in [3.05, 3.63) is 82.5 Å². The second-order valence-corrected chi connectivity index (χ2v) is 6.27. The number of hydrogen-bond acceptors (Lipinski definition) is 2. The van der Waals surface area contributed by atoms with Gasteiger partial charge in [-0.2, -0.15) is 13.2 Å². The highest BCUT2D eigenvalue weighted by molar-refractivity contribution is 6.33. The molecule has 0 bridgehead atoms. The highest BCUT2D eigenvalue weighted by Crippen LogP contribution is 2.36. The summed E-state index contributed by atoms with van der Waals surface area (Å²) in [6.07, 6.45) is -3.81. The van der Waals surface area contributed by atoms with E-state index in [4.69, 9.17) is 11.6 Å². The minimum absolute atomic E-state index is 0.151. The molecule has 0 spiro atoms. The summed E-state index contributed by atoms with van der Waals surface area (Å²) in [6.45, 7) is 1.81. The molecule has 0 aliphatic heterocycles. The summed E-state index contributed by atoms with van der Waals surface area (Å²) in [5.41, 5.74) is 1.36.